The predicted octanol–water partition coefficient (Wildman–Crippen LogP) is 1.91. The minimum atomic E-state index is -4.41. The second-order valence-corrected chi connectivity index (χ2v) is 2.01. The number of hydrogen-bond acceptors (Lipinski definition) is 2. The van der Waals surface area contributed by atoms with Crippen molar-refractivity contribution < 1.29 is 17.9 Å². The summed E-state index contributed by atoms with van der Waals surface area (Å²) in [5.74, 6) is 0.183. The lowest BCUT2D eigenvalue weighted by atomic mass is 10.3. The van der Waals surface area contributed by atoms with Gasteiger partial charge < -0.3 is 4.74 Å². The van der Waals surface area contributed by atoms with Gasteiger partial charge in [0, 0.05) is 0 Å². The maximum atomic E-state index is 11.9. The summed E-state index contributed by atoms with van der Waals surface area (Å²) in [6.07, 6.45) is -2.31. The molecular weight excluding hydrogens is 171 g/mol. The van der Waals surface area contributed by atoms with Gasteiger partial charge >= 0.3 is 6.18 Å². The molecule has 1 aromatic heterocycles. The molecule has 1 aromatic rings. The molecule has 1 heterocycles. The molecule has 0 spiro atoms. The lowest BCUT2D eigenvalue weighted by molar-refractivity contribution is -0.141. The topological polar surface area (TPSA) is 22.1 Å². The summed E-state index contributed by atoms with van der Waals surface area (Å²) < 4.78 is 40.3. The molecular formula is C7H5F3NO. The van der Waals surface area contributed by atoms with E-state index in [0.29, 0.717) is 0 Å². The smallest absolute Gasteiger partial charge is 0.433 e. The molecule has 5 heteroatoms. The Hall–Kier alpha value is -1.26. The van der Waals surface area contributed by atoms with E-state index in [1.807, 2.05) is 0 Å². The SMILES string of the molecule is COc1[c]nc(C(F)(F)F)cc1. The Bertz CT molecular complexity index is 254. The van der Waals surface area contributed by atoms with E-state index in [2.05, 4.69) is 15.9 Å². The van der Waals surface area contributed by atoms with Crippen molar-refractivity contribution in [3.8, 4) is 5.75 Å². The Morgan fingerprint density at radius 2 is 2.08 bits per heavy atom. The molecule has 0 aliphatic carbocycles. The molecule has 65 valence electrons. The van der Waals surface area contributed by atoms with Crippen LogP contribution in [0.1, 0.15) is 5.69 Å². The second-order valence-electron chi connectivity index (χ2n) is 2.01. The summed E-state index contributed by atoms with van der Waals surface area (Å²) in [7, 11) is 1.33. The van der Waals surface area contributed by atoms with Crippen molar-refractivity contribution >= 4 is 0 Å². The molecule has 0 saturated heterocycles. The molecule has 0 bridgehead atoms. The van der Waals surface area contributed by atoms with Crippen LogP contribution >= 0.6 is 0 Å². The first-order chi connectivity index (χ1) is 5.54. The number of pyridine rings is 1. The highest BCUT2D eigenvalue weighted by Crippen LogP contribution is 2.27. The van der Waals surface area contributed by atoms with Crippen molar-refractivity contribution in [2.75, 3.05) is 7.11 Å². The van der Waals surface area contributed by atoms with Crippen LogP contribution in [0.25, 0.3) is 0 Å². The Kier molecular flexibility index (Phi) is 2.21. The molecule has 0 aliphatic heterocycles. The molecule has 12 heavy (non-hydrogen) atoms. The summed E-state index contributed by atoms with van der Waals surface area (Å²) in [6, 6.07) is 2.01. The van der Waals surface area contributed by atoms with Crippen molar-refractivity contribution in [1.29, 1.82) is 0 Å². The molecule has 0 atom stereocenters. The molecule has 0 aliphatic rings. The average molecular weight is 176 g/mol. The van der Waals surface area contributed by atoms with Crippen LogP contribution in [0.4, 0.5) is 13.2 Å². The fraction of sp³-hybridized carbons (Fsp3) is 0.286. The number of halogens is 3. The van der Waals surface area contributed by atoms with Crippen LogP contribution in [-0.2, 0) is 6.18 Å². The number of nitrogens with zero attached hydrogens (tertiary/aromatic N) is 1. The Balaban J connectivity index is 2.93. The summed E-state index contributed by atoms with van der Waals surface area (Å²) in [5.41, 5.74) is -0.969. The van der Waals surface area contributed by atoms with Gasteiger partial charge in [-0.05, 0) is 12.1 Å². The van der Waals surface area contributed by atoms with Crippen LogP contribution in [0.15, 0.2) is 12.1 Å². The number of hydrogen-bond donors (Lipinski definition) is 0. The van der Waals surface area contributed by atoms with E-state index in [1.54, 1.807) is 0 Å². The van der Waals surface area contributed by atoms with Gasteiger partial charge in [0.15, 0.2) is 0 Å². The quantitative estimate of drug-likeness (QED) is 0.652. The van der Waals surface area contributed by atoms with Crippen molar-refractivity contribution in [3.05, 3.63) is 24.0 Å². The zero-order chi connectivity index (χ0) is 9.19. The molecule has 0 N–H and O–H groups in total. The molecule has 0 unspecified atom stereocenters. The van der Waals surface area contributed by atoms with Crippen molar-refractivity contribution in [2.45, 2.75) is 6.18 Å². The van der Waals surface area contributed by atoms with E-state index in [0.717, 1.165) is 12.1 Å². The van der Waals surface area contributed by atoms with E-state index < -0.39 is 11.9 Å². The van der Waals surface area contributed by atoms with Crippen LogP contribution in [-0.4, -0.2) is 12.1 Å². The van der Waals surface area contributed by atoms with E-state index in [4.69, 9.17) is 0 Å². The second kappa shape index (κ2) is 3.00. The van der Waals surface area contributed by atoms with Gasteiger partial charge in [-0.15, -0.1) is 0 Å². The van der Waals surface area contributed by atoms with Gasteiger partial charge in [0.25, 0.3) is 0 Å². The van der Waals surface area contributed by atoms with Crippen LogP contribution in [0, 0.1) is 6.20 Å². The van der Waals surface area contributed by atoms with E-state index in [9.17, 15) is 13.2 Å². The Morgan fingerprint density at radius 3 is 2.42 bits per heavy atom. The first kappa shape index (κ1) is 8.83. The third-order valence-corrected chi connectivity index (χ3v) is 1.19. The van der Waals surface area contributed by atoms with Gasteiger partial charge in [-0.25, -0.2) is 4.98 Å². The molecule has 0 aromatic carbocycles. The highest BCUT2D eigenvalue weighted by molar-refractivity contribution is 5.19. The molecule has 2 nitrogen and oxygen atoms in total. The summed E-state index contributed by atoms with van der Waals surface area (Å²) in [5, 5.41) is 0. The maximum absolute atomic E-state index is 11.9. The standard InChI is InChI=1S/C7H5F3NO/c1-12-5-2-3-6(11-4-5)7(8,9)10/h2-3H,1H3. The summed E-state index contributed by atoms with van der Waals surface area (Å²) in [6.45, 7) is 0. The predicted molar refractivity (Wildman–Crippen MR) is 34.6 cm³/mol. The van der Waals surface area contributed by atoms with Crippen LogP contribution in [0.2, 0.25) is 0 Å². The summed E-state index contributed by atoms with van der Waals surface area (Å²) >= 11 is 0. The fourth-order valence-corrected chi connectivity index (χ4v) is 0.616. The summed E-state index contributed by atoms with van der Waals surface area (Å²) in [4.78, 5) is 3.05. The van der Waals surface area contributed by atoms with Crippen molar-refractivity contribution in [3.63, 3.8) is 0 Å². The highest BCUT2D eigenvalue weighted by atomic mass is 19.4. The fourth-order valence-electron chi connectivity index (χ4n) is 0.616. The van der Waals surface area contributed by atoms with Crippen LogP contribution in [0.5, 0.6) is 5.75 Å². The third-order valence-electron chi connectivity index (χ3n) is 1.19. The number of methoxy groups -OCH3 is 1. The number of alkyl halides is 3. The first-order valence-electron chi connectivity index (χ1n) is 3.04. The maximum Gasteiger partial charge on any atom is 0.433 e. The van der Waals surface area contributed by atoms with E-state index >= 15 is 0 Å². The average Bonchev–Trinajstić information content (AvgIpc) is 2.03. The Morgan fingerprint density at radius 1 is 1.42 bits per heavy atom. The first-order valence-corrected chi connectivity index (χ1v) is 3.04. The van der Waals surface area contributed by atoms with Crippen molar-refractivity contribution in [1.82, 2.24) is 4.98 Å². The van der Waals surface area contributed by atoms with Crippen LogP contribution in [0.3, 0.4) is 0 Å². The normalized spacial score (nSPS) is 11.3. The van der Waals surface area contributed by atoms with Crippen molar-refractivity contribution in [2.24, 2.45) is 0 Å². The molecule has 1 radical (unpaired) electrons. The number of aromatic nitrogens is 1. The largest absolute Gasteiger partial charge is 0.494 e. The van der Waals surface area contributed by atoms with Gasteiger partial charge in [-0.1, -0.05) is 0 Å². The number of rotatable bonds is 1. The molecule has 0 fully saturated rings. The van der Waals surface area contributed by atoms with Gasteiger partial charge in [0.2, 0.25) is 0 Å². The minimum Gasteiger partial charge on any atom is -0.494 e. The number of ether oxygens (including phenoxy) is 1. The van der Waals surface area contributed by atoms with Gasteiger partial charge in [-0.3, -0.25) is 0 Å². The van der Waals surface area contributed by atoms with Gasteiger partial charge in [0.1, 0.15) is 17.6 Å². The zero-order valence-corrected chi connectivity index (χ0v) is 6.14. The monoisotopic (exact) mass is 176 g/mol. The molecule has 0 saturated carbocycles. The zero-order valence-electron chi connectivity index (χ0n) is 6.14. The van der Waals surface area contributed by atoms with E-state index in [-0.39, 0.29) is 5.75 Å². The molecule has 0 amide bonds. The van der Waals surface area contributed by atoms with Crippen LogP contribution < -0.4 is 4.74 Å². The van der Waals surface area contributed by atoms with Gasteiger partial charge in [-0.2, -0.15) is 13.2 Å². The van der Waals surface area contributed by atoms with Gasteiger partial charge in [0.05, 0.1) is 7.11 Å². The van der Waals surface area contributed by atoms with E-state index in [1.165, 1.54) is 7.11 Å². The minimum absolute atomic E-state index is 0.183. The Labute approximate surface area is 67.0 Å². The molecule has 1 rings (SSSR count). The lowest BCUT2D eigenvalue weighted by Gasteiger charge is -2.04. The third kappa shape index (κ3) is 1.87. The highest BCUT2D eigenvalue weighted by Gasteiger charge is 2.32. The lowest BCUT2D eigenvalue weighted by Crippen LogP contribution is -2.07.